The Morgan fingerprint density at radius 2 is 2.00 bits per heavy atom. The topological polar surface area (TPSA) is 32.3 Å². The monoisotopic (exact) mass is 276 g/mol. The molecule has 2 unspecified atom stereocenters. The van der Waals surface area contributed by atoms with Gasteiger partial charge in [-0.05, 0) is 35.6 Å². The summed E-state index contributed by atoms with van der Waals surface area (Å²) in [6, 6.07) is 8.38. The predicted octanol–water partition coefficient (Wildman–Crippen LogP) is 2.07. The second-order valence-corrected chi connectivity index (χ2v) is 5.82. The third-order valence-electron chi connectivity index (χ3n) is 4.08. The fourth-order valence-corrected chi connectivity index (χ4v) is 3.15. The SMILES string of the molecule is C=CC(=O)NC1C2CN(Cc3ccc(Cl)cc3)CC21. The number of halogens is 1. The fourth-order valence-electron chi connectivity index (χ4n) is 3.03. The van der Waals surface area contributed by atoms with E-state index in [1.807, 2.05) is 12.1 Å². The molecule has 2 aliphatic rings. The summed E-state index contributed by atoms with van der Waals surface area (Å²) in [4.78, 5) is 13.7. The summed E-state index contributed by atoms with van der Waals surface area (Å²) in [5.41, 5.74) is 1.29. The highest BCUT2D eigenvalue weighted by atomic mass is 35.5. The summed E-state index contributed by atoms with van der Waals surface area (Å²) in [7, 11) is 0. The number of likely N-dealkylation sites (tertiary alicyclic amines) is 1. The van der Waals surface area contributed by atoms with E-state index in [0.717, 1.165) is 24.7 Å². The van der Waals surface area contributed by atoms with Crippen molar-refractivity contribution >= 4 is 17.5 Å². The first-order valence-corrected chi connectivity index (χ1v) is 6.95. The third kappa shape index (κ3) is 2.67. The minimum absolute atomic E-state index is 0.0522. The lowest BCUT2D eigenvalue weighted by Crippen LogP contribution is -2.33. The van der Waals surface area contributed by atoms with Gasteiger partial charge < -0.3 is 5.32 Å². The number of carbonyl (C=O) groups is 1. The van der Waals surface area contributed by atoms with E-state index in [4.69, 9.17) is 11.6 Å². The molecule has 2 atom stereocenters. The molecule has 1 aliphatic carbocycles. The van der Waals surface area contributed by atoms with Gasteiger partial charge in [-0.1, -0.05) is 30.3 Å². The summed E-state index contributed by atoms with van der Waals surface area (Å²) in [6.07, 6.45) is 1.35. The number of nitrogens with one attached hydrogen (secondary N) is 1. The van der Waals surface area contributed by atoms with E-state index in [1.54, 1.807) is 0 Å². The molecule has 1 aromatic rings. The molecule has 0 spiro atoms. The first-order valence-electron chi connectivity index (χ1n) is 6.57. The quantitative estimate of drug-likeness (QED) is 0.854. The van der Waals surface area contributed by atoms with Gasteiger partial charge in [-0.25, -0.2) is 0 Å². The van der Waals surface area contributed by atoms with Gasteiger partial charge in [0.05, 0.1) is 0 Å². The van der Waals surface area contributed by atoms with Crippen LogP contribution in [-0.4, -0.2) is 29.9 Å². The Morgan fingerprint density at radius 1 is 1.37 bits per heavy atom. The molecule has 3 rings (SSSR count). The van der Waals surface area contributed by atoms with Crippen LogP contribution in [0.25, 0.3) is 0 Å². The summed E-state index contributed by atoms with van der Waals surface area (Å²) >= 11 is 5.88. The van der Waals surface area contributed by atoms with Gasteiger partial charge in [0.15, 0.2) is 0 Å². The number of carbonyl (C=O) groups excluding carboxylic acids is 1. The average Bonchev–Trinajstić information content (AvgIpc) is 2.86. The molecule has 1 aliphatic heterocycles. The normalized spacial score (nSPS) is 28.8. The van der Waals surface area contributed by atoms with Crippen molar-refractivity contribution < 1.29 is 4.79 Å². The highest BCUT2D eigenvalue weighted by Gasteiger charge is 2.55. The molecular formula is C15H17ClN2O. The van der Waals surface area contributed by atoms with Crippen molar-refractivity contribution in [3.63, 3.8) is 0 Å². The van der Waals surface area contributed by atoms with E-state index in [-0.39, 0.29) is 5.91 Å². The van der Waals surface area contributed by atoms with E-state index in [9.17, 15) is 4.79 Å². The van der Waals surface area contributed by atoms with Crippen molar-refractivity contribution in [2.45, 2.75) is 12.6 Å². The number of benzene rings is 1. The maximum Gasteiger partial charge on any atom is 0.243 e. The molecule has 2 fully saturated rings. The third-order valence-corrected chi connectivity index (χ3v) is 4.34. The van der Waals surface area contributed by atoms with Crippen LogP contribution in [0.2, 0.25) is 5.02 Å². The Morgan fingerprint density at radius 3 is 2.58 bits per heavy atom. The van der Waals surface area contributed by atoms with E-state index in [0.29, 0.717) is 17.9 Å². The molecule has 3 nitrogen and oxygen atoms in total. The highest BCUT2D eigenvalue weighted by Crippen LogP contribution is 2.45. The van der Waals surface area contributed by atoms with E-state index < -0.39 is 0 Å². The molecule has 1 heterocycles. The summed E-state index contributed by atoms with van der Waals surface area (Å²) in [6.45, 7) is 6.57. The smallest absolute Gasteiger partial charge is 0.243 e. The van der Waals surface area contributed by atoms with Gasteiger partial charge in [0.2, 0.25) is 5.91 Å². The molecule has 0 bridgehead atoms. The fraction of sp³-hybridized carbons (Fsp3) is 0.400. The number of piperidine rings is 1. The summed E-state index contributed by atoms with van der Waals surface area (Å²) in [5.74, 6) is 1.19. The number of hydrogen-bond acceptors (Lipinski definition) is 2. The second-order valence-electron chi connectivity index (χ2n) is 5.39. The van der Waals surface area contributed by atoms with Gasteiger partial charge >= 0.3 is 0 Å². The highest BCUT2D eigenvalue weighted by molar-refractivity contribution is 6.30. The van der Waals surface area contributed by atoms with Gasteiger partial charge in [-0.2, -0.15) is 0 Å². The Labute approximate surface area is 118 Å². The van der Waals surface area contributed by atoms with E-state index >= 15 is 0 Å². The van der Waals surface area contributed by atoms with Gasteiger partial charge in [0.1, 0.15) is 0 Å². The van der Waals surface area contributed by atoms with Crippen LogP contribution >= 0.6 is 11.6 Å². The van der Waals surface area contributed by atoms with Crippen LogP contribution in [0, 0.1) is 11.8 Å². The predicted molar refractivity (Wildman–Crippen MR) is 75.8 cm³/mol. The van der Waals surface area contributed by atoms with Crippen molar-refractivity contribution in [3.8, 4) is 0 Å². The van der Waals surface area contributed by atoms with Crippen molar-refractivity contribution in [2.24, 2.45) is 11.8 Å². The second kappa shape index (κ2) is 4.99. The van der Waals surface area contributed by atoms with Crippen LogP contribution in [0.5, 0.6) is 0 Å². The number of amides is 1. The molecule has 1 amide bonds. The molecule has 19 heavy (non-hydrogen) atoms. The molecule has 1 saturated heterocycles. The minimum Gasteiger partial charge on any atom is -0.349 e. The Kier molecular flexibility index (Phi) is 3.33. The molecule has 1 N–H and O–H groups in total. The Hall–Kier alpha value is -1.32. The molecule has 1 saturated carbocycles. The van der Waals surface area contributed by atoms with Crippen LogP contribution in [0.4, 0.5) is 0 Å². The number of rotatable bonds is 4. The van der Waals surface area contributed by atoms with Crippen molar-refractivity contribution in [1.82, 2.24) is 10.2 Å². The molecule has 100 valence electrons. The van der Waals surface area contributed by atoms with Gasteiger partial charge in [0, 0.05) is 30.7 Å². The lowest BCUT2D eigenvalue weighted by atomic mass is 10.2. The van der Waals surface area contributed by atoms with Crippen LogP contribution < -0.4 is 5.32 Å². The standard InChI is InChI=1S/C15H17ClN2O/c1-2-14(19)17-15-12-8-18(9-13(12)15)7-10-3-5-11(16)6-4-10/h2-6,12-13,15H,1,7-9H2,(H,17,19). The zero-order valence-corrected chi connectivity index (χ0v) is 11.4. The maximum atomic E-state index is 11.2. The lowest BCUT2D eigenvalue weighted by Gasteiger charge is -2.19. The minimum atomic E-state index is -0.0522. The van der Waals surface area contributed by atoms with Crippen molar-refractivity contribution in [2.75, 3.05) is 13.1 Å². The number of nitrogens with zero attached hydrogens (tertiary/aromatic N) is 1. The first-order chi connectivity index (χ1) is 9.17. The van der Waals surface area contributed by atoms with Crippen LogP contribution in [0.3, 0.4) is 0 Å². The maximum absolute atomic E-state index is 11.2. The van der Waals surface area contributed by atoms with Crippen molar-refractivity contribution in [3.05, 3.63) is 47.5 Å². The average molecular weight is 277 g/mol. The van der Waals surface area contributed by atoms with E-state index in [1.165, 1.54) is 11.6 Å². The molecule has 0 radical (unpaired) electrons. The van der Waals surface area contributed by atoms with Crippen molar-refractivity contribution in [1.29, 1.82) is 0 Å². The zero-order valence-electron chi connectivity index (χ0n) is 10.7. The van der Waals surface area contributed by atoms with Crippen LogP contribution in [-0.2, 0) is 11.3 Å². The Bertz CT molecular complexity index is 487. The van der Waals surface area contributed by atoms with Crippen LogP contribution in [0.1, 0.15) is 5.56 Å². The van der Waals surface area contributed by atoms with Gasteiger partial charge in [0.25, 0.3) is 0 Å². The van der Waals surface area contributed by atoms with Gasteiger partial charge in [-0.3, -0.25) is 9.69 Å². The first kappa shape index (κ1) is 12.7. The Balaban J connectivity index is 1.49. The number of hydrogen-bond donors (Lipinski definition) is 1. The lowest BCUT2D eigenvalue weighted by molar-refractivity contribution is -0.116. The molecule has 0 aromatic heterocycles. The summed E-state index contributed by atoms with van der Waals surface area (Å²) in [5, 5.41) is 3.77. The van der Waals surface area contributed by atoms with Gasteiger partial charge in [-0.15, -0.1) is 0 Å². The summed E-state index contributed by atoms with van der Waals surface area (Å²) < 4.78 is 0. The zero-order chi connectivity index (χ0) is 13.4. The van der Waals surface area contributed by atoms with Crippen LogP contribution in [0.15, 0.2) is 36.9 Å². The van der Waals surface area contributed by atoms with E-state index in [2.05, 4.69) is 28.9 Å². The molecular weight excluding hydrogens is 260 g/mol. The molecule has 1 aromatic carbocycles. The largest absolute Gasteiger partial charge is 0.349 e. The number of fused-ring (bicyclic) bond motifs is 1. The molecule has 4 heteroatoms.